The SMILES string of the molecule is N#Cc1cc(CNCCC2CCCO2)ccc1F. The maximum absolute atomic E-state index is 13.1. The third-order valence-corrected chi connectivity index (χ3v) is 3.15. The fraction of sp³-hybridized carbons (Fsp3) is 0.500. The first kappa shape index (κ1) is 13.0. The van der Waals surface area contributed by atoms with Crippen LogP contribution in [-0.4, -0.2) is 19.3 Å². The van der Waals surface area contributed by atoms with Gasteiger partial charge in [-0.3, -0.25) is 0 Å². The Morgan fingerprint density at radius 3 is 3.11 bits per heavy atom. The Balaban J connectivity index is 1.74. The van der Waals surface area contributed by atoms with E-state index in [1.807, 2.05) is 6.07 Å². The number of hydrogen-bond acceptors (Lipinski definition) is 3. The van der Waals surface area contributed by atoms with Crippen LogP contribution in [0.15, 0.2) is 18.2 Å². The summed E-state index contributed by atoms with van der Waals surface area (Å²) in [5.74, 6) is -0.458. The van der Waals surface area contributed by atoms with E-state index >= 15 is 0 Å². The van der Waals surface area contributed by atoms with E-state index in [0.29, 0.717) is 12.6 Å². The molecule has 0 aromatic heterocycles. The Kier molecular flexibility index (Phi) is 4.68. The highest BCUT2D eigenvalue weighted by Crippen LogP contribution is 2.14. The molecule has 96 valence electrons. The van der Waals surface area contributed by atoms with Crippen molar-refractivity contribution in [2.75, 3.05) is 13.2 Å². The average Bonchev–Trinajstić information content (AvgIpc) is 2.89. The number of nitriles is 1. The lowest BCUT2D eigenvalue weighted by molar-refractivity contribution is 0.104. The van der Waals surface area contributed by atoms with Gasteiger partial charge in [-0.25, -0.2) is 4.39 Å². The molecule has 0 radical (unpaired) electrons. The summed E-state index contributed by atoms with van der Waals surface area (Å²) >= 11 is 0. The van der Waals surface area contributed by atoms with Crippen molar-refractivity contribution in [3.05, 3.63) is 35.1 Å². The number of benzene rings is 1. The molecule has 0 spiro atoms. The van der Waals surface area contributed by atoms with Gasteiger partial charge in [0.1, 0.15) is 11.9 Å². The summed E-state index contributed by atoms with van der Waals surface area (Å²) in [6.07, 6.45) is 3.71. The molecule has 1 unspecified atom stereocenters. The summed E-state index contributed by atoms with van der Waals surface area (Å²) < 4.78 is 18.6. The van der Waals surface area contributed by atoms with Gasteiger partial charge in [-0.15, -0.1) is 0 Å². The van der Waals surface area contributed by atoms with E-state index < -0.39 is 5.82 Å². The third-order valence-electron chi connectivity index (χ3n) is 3.15. The molecule has 0 saturated carbocycles. The van der Waals surface area contributed by atoms with Gasteiger partial charge in [-0.2, -0.15) is 5.26 Å². The third kappa shape index (κ3) is 3.52. The van der Waals surface area contributed by atoms with E-state index in [0.717, 1.165) is 38.0 Å². The minimum absolute atomic E-state index is 0.105. The van der Waals surface area contributed by atoms with Gasteiger partial charge in [0, 0.05) is 13.2 Å². The Morgan fingerprint density at radius 1 is 1.50 bits per heavy atom. The first-order chi connectivity index (χ1) is 8.79. The second-order valence-corrected chi connectivity index (χ2v) is 4.53. The van der Waals surface area contributed by atoms with Gasteiger partial charge in [-0.05, 0) is 43.5 Å². The molecule has 3 nitrogen and oxygen atoms in total. The predicted molar refractivity (Wildman–Crippen MR) is 66.4 cm³/mol. The normalized spacial score (nSPS) is 18.8. The molecule has 0 amide bonds. The van der Waals surface area contributed by atoms with Crippen LogP contribution in [0.2, 0.25) is 0 Å². The van der Waals surface area contributed by atoms with Crippen molar-refractivity contribution < 1.29 is 9.13 Å². The highest BCUT2D eigenvalue weighted by atomic mass is 19.1. The van der Waals surface area contributed by atoms with Gasteiger partial charge in [0.2, 0.25) is 0 Å². The van der Waals surface area contributed by atoms with Crippen molar-refractivity contribution in [3.63, 3.8) is 0 Å². The molecule has 1 aromatic carbocycles. The van der Waals surface area contributed by atoms with Crippen LogP contribution in [0.4, 0.5) is 4.39 Å². The van der Waals surface area contributed by atoms with Crippen molar-refractivity contribution in [1.82, 2.24) is 5.32 Å². The second-order valence-electron chi connectivity index (χ2n) is 4.53. The highest BCUT2D eigenvalue weighted by Gasteiger charge is 2.14. The van der Waals surface area contributed by atoms with Crippen LogP contribution >= 0.6 is 0 Å². The molecule has 1 aliphatic rings. The van der Waals surface area contributed by atoms with E-state index in [-0.39, 0.29) is 5.56 Å². The Hall–Kier alpha value is -1.44. The zero-order chi connectivity index (χ0) is 12.8. The maximum atomic E-state index is 13.1. The van der Waals surface area contributed by atoms with Crippen LogP contribution in [0.3, 0.4) is 0 Å². The first-order valence-corrected chi connectivity index (χ1v) is 6.30. The van der Waals surface area contributed by atoms with Crippen LogP contribution in [0.25, 0.3) is 0 Å². The minimum Gasteiger partial charge on any atom is -0.378 e. The Bertz CT molecular complexity index is 436. The van der Waals surface area contributed by atoms with Crippen molar-refractivity contribution >= 4 is 0 Å². The largest absolute Gasteiger partial charge is 0.378 e. The van der Waals surface area contributed by atoms with E-state index in [9.17, 15) is 4.39 Å². The van der Waals surface area contributed by atoms with E-state index in [1.54, 1.807) is 12.1 Å². The number of rotatable bonds is 5. The van der Waals surface area contributed by atoms with Gasteiger partial charge in [0.25, 0.3) is 0 Å². The van der Waals surface area contributed by atoms with Crippen LogP contribution in [0, 0.1) is 17.1 Å². The zero-order valence-electron chi connectivity index (χ0n) is 10.3. The van der Waals surface area contributed by atoms with Crippen molar-refractivity contribution in [2.24, 2.45) is 0 Å². The van der Waals surface area contributed by atoms with Crippen LogP contribution in [0.5, 0.6) is 0 Å². The maximum Gasteiger partial charge on any atom is 0.140 e. The molecule has 1 saturated heterocycles. The lowest BCUT2D eigenvalue weighted by Crippen LogP contribution is -2.19. The standard InChI is InChI=1S/C14H17FN2O/c15-14-4-3-11(8-12(14)9-16)10-17-6-5-13-2-1-7-18-13/h3-4,8,13,17H,1-2,5-7,10H2. The number of nitrogens with one attached hydrogen (secondary N) is 1. The summed E-state index contributed by atoms with van der Waals surface area (Å²) in [5, 5.41) is 12.0. The zero-order valence-corrected chi connectivity index (χ0v) is 10.3. The van der Waals surface area contributed by atoms with Crippen LogP contribution < -0.4 is 5.32 Å². The van der Waals surface area contributed by atoms with Gasteiger partial charge in [0.15, 0.2) is 0 Å². The molecule has 0 aliphatic carbocycles. The fourth-order valence-corrected chi connectivity index (χ4v) is 2.14. The molecule has 1 atom stereocenters. The first-order valence-electron chi connectivity index (χ1n) is 6.30. The number of ether oxygens (including phenoxy) is 1. The van der Waals surface area contributed by atoms with Gasteiger partial charge < -0.3 is 10.1 Å². The van der Waals surface area contributed by atoms with E-state index in [1.165, 1.54) is 6.07 Å². The van der Waals surface area contributed by atoms with Gasteiger partial charge in [0.05, 0.1) is 11.7 Å². The summed E-state index contributed by atoms with van der Waals surface area (Å²) in [6.45, 7) is 2.42. The van der Waals surface area contributed by atoms with Crippen LogP contribution in [0.1, 0.15) is 30.4 Å². The molecular weight excluding hydrogens is 231 g/mol. The monoisotopic (exact) mass is 248 g/mol. The molecule has 0 bridgehead atoms. The molecule has 1 fully saturated rings. The molecule has 2 rings (SSSR count). The molecule has 4 heteroatoms. The average molecular weight is 248 g/mol. The smallest absolute Gasteiger partial charge is 0.140 e. The predicted octanol–water partition coefficient (Wildman–Crippen LogP) is 2.36. The summed E-state index contributed by atoms with van der Waals surface area (Å²) in [5.41, 5.74) is 1.04. The topological polar surface area (TPSA) is 45.0 Å². The fourth-order valence-electron chi connectivity index (χ4n) is 2.14. The summed E-state index contributed by atoms with van der Waals surface area (Å²) in [4.78, 5) is 0. The number of hydrogen-bond donors (Lipinski definition) is 1. The van der Waals surface area contributed by atoms with E-state index in [2.05, 4.69) is 5.32 Å². The van der Waals surface area contributed by atoms with Crippen molar-refractivity contribution in [2.45, 2.75) is 31.9 Å². The molecule has 1 aliphatic heterocycles. The summed E-state index contributed by atoms with van der Waals surface area (Å²) in [7, 11) is 0. The quantitative estimate of drug-likeness (QED) is 0.814. The molecule has 1 N–H and O–H groups in total. The lowest BCUT2D eigenvalue weighted by atomic mass is 10.1. The number of halogens is 1. The Labute approximate surface area is 107 Å². The Morgan fingerprint density at radius 2 is 2.39 bits per heavy atom. The lowest BCUT2D eigenvalue weighted by Gasteiger charge is -2.10. The molecule has 1 heterocycles. The van der Waals surface area contributed by atoms with Crippen molar-refractivity contribution in [3.8, 4) is 6.07 Å². The van der Waals surface area contributed by atoms with Gasteiger partial charge in [-0.1, -0.05) is 6.07 Å². The van der Waals surface area contributed by atoms with Gasteiger partial charge >= 0.3 is 0 Å². The molecular formula is C14H17FN2O. The second kappa shape index (κ2) is 6.48. The van der Waals surface area contributed by atoms with E-state index in [4.69, 9.17) is 10.00 Å². The molecule has 18 heavy (non-hydrogen) atoms. The summed E-state index contributed by atoms with van der Waals surface area (Å²) in [6, 6.07) is 6.49. The van der Waals surface area contributed by atoms with Crippen LogP contribution in [-0.2, 0) is 11.3 Å². The highest BCUT2D eigenvalue weighted by molar-refractivity contribution is 5.34. The molecule has 1 aromatic rings. The number of nitrogens with zero attached hydrogens (tertiary/aromatic N) is 1. The minimum atomic E-state index is -0.458. The van der Waals surface area contributed by atoms with Crippen molar-refractivity contribution in [1.29, 1.82) is 5.26 Å².